The zero-order valence-electron chi connectivity index (χ0n) is 14.2. The predicted molar refractivity (Wildman–Crippen MR) is 101 cm³/mol. The van der Waals surface area contributed by atoms with Crippen molar-refractivity contribution in [2.75, 3.05) is 0 Å². The quantitative estimate of drug-likeness (QED) is 0.505. The van der Waals surface area contributed by atoms with Crippen LogP contribution in [0.5, 0.6) is 0 Å². The summed E-state index contributed by atoms with van der Waals surface area (Å²) in [5, 5.41) is 6.92. The maximum atomic E-state index is 12.4. The summed E-state index contributed by atoms with van der Waals surface area (Å²) in [6.45, 7) is 0.00716. The van der Waals surface area contributed by atoms with E-state index in [1.54, 1.807) is 17.9 Å². The maximum absolute atomic E-state index is 12.4. The van der Waals surface area contributed by atoms with Gasteiger partial charge in [0.05, 0.1) is 10.2 Å². The Hall–Kier alpha value is -3.20. The molecule has 0 radical (unpaired) electrons. The summed E-state index contributed by atoms with van der Waals surface area (Å²) in [5.74, 6) is -0.598. The van der Waals surface area contributed by atoms with Gasteiger partial charge in [0.15, 0.2) is 5.65 Å². The molecule has 8 nitrogen and oxygen atoms in total. The molecule has 0 atom stereocenters. The van der Waals surface area contributed by atoms with Crippen molar-refractivity contribution in [3.63, 3.8) is 0 Å². The number of nitrogens with one attached hydrogen (secondary N) is 1. The van der Waals surface area contributed by atoms with E-state index >= 15 is 0 Å². The van der Waals surface area contributed by atoms with E-state index in [0.29, 0.717) is 17.0 Å². The van der Waals surface area contributed by atoms with Crippen LogP contribution in [0.15, 0.2) is 57.9 Å². The van der Waals surface area contributed by atoms with Gasteiger partial charge in [0.25, 0.3) is 5.56 Å². The Labute approximate surface area is 161 Å². The molecule has 27 heavy (non-hydrogen) atoms. The number of ether oxygens (including phenoxy) is 1. The molecular formula is C18H14BrN5O3. The second-order valence-electron chi connectivity index (χ2n) is 5.88. The largest absolute Gasteiger partial charge is 0.454 e. The molecule has 0 unspecified atom stereocenters. The van der Waals surface area contributed by atoms with Crippen LogP contribution in [-0.2, 0) is 18.4 Å². The first-order chi connectivity index (χ1) is 13.0. The second kappa shape index (κ2) is 6.84. The van der Waals surface area contributed by atoms with Gasteiger partial charge < -0.3 is 4.74 Å². The van der Waals surface area contributed by atoms with Crippen molar-refractivity contribution in [1.82, 2.24) is 24.4 Å². The number of fused-ring (bicyclic) bond motifs is 1. The van der Waals surface area contributed by atoms with E-state index in [0.717, 1.165) is 10.0 Å². The lowest BCUT2D eigenvalue weighted by Crippen LogP contribution is -2.15. The van der Waals surface area contributed by atoms with Gasteiger partial charge in [-0.3, -0.25) is 14.6 Å². The van der Waals surface area contributed by atoms with Gasteiger partial charge in [0.1, 0.15) is 18.0 Å². The number of aryl methyl sites for hydroxylation is 1. The summed E-state index contributed by atoms with van der Waals surface area (Å²) in [6.07, 6.45) is 1.76. The number of nitrogens with zero attached hydrogens (tertiary/aromatic N) is 4. The number of esters is 1. The number of benzene rings is 1. The normalized spacial score (nSPS) is 11.0. The van der Waals surface area contributed by atoms with E-state index < -0.39 is 5.97 Å². The zero-order valence-corrected chi connectivity index (χ0v) is 15.8. The first kappa shape index (κ1) is 17.2. The van der Waals surface area contributed by atoms with Crippen molar-refractivity contribution in [2.45, 2.75) is 6.61 Å². The molecular weight excluding hydrogens is 414 g/mol. The average molecular weight is 428 g/mol. The summed E-state index contributed by atoms with van der Waals surface area (Å²) >= 11 is 3.35. The molecule has 1 aromatic carbocycles. The highest BCUT2D eigenvalue weighted by Gasteiger charge is 2.15. The fourth-order valence-corrected chi connectivity index (χ4v) is 3.16. The number of rotatable bonds is 4. The number of carbonyl (C=O) groups is 1. The first-order valence-corrected chi connectivity index (χ1v) is 8.84. The third-order valence-electron chi connectivity index (χ3n) is 3.93. The maximum Gasteiger partial charge on any atom is 0.356 e. The first-order valence-electron chi connectivity index (χ1n) is 8.04. The van der Waals surface area contributed by atoms with E-state index in [9.17, 15) is 9.59 Å². The minimum Gasteiger partial charge on any atom is -0.454 e. The zero-order chi connectivity index (χ0) is 19.0. The van der Waals surface area contributed by atoms with Gasteiger partial charge in [0.2, 0.25) is 0 Å². The van der Waals surface area contributed by atoms with E-state index in [4.69, 9.17) is 4.74 Å². The Bertz CT molecular complexity index is 1190. The highest BCUT2D eigenvalue weighted by molar-refractivity contribution is 9.10. The highest BCUT2D eigenvalue weighted by atomic mass is 79.9. The van der Waals surface area contributed by atoms with Crippen LogP contribution in [0.25, 0.3) is 16.9 Å². The fourth-order valence-electron chi connectivity index (χ4n) is 2.67. The van der Waals surface area contributed by atoms with Gasteiger partial charge in [-0.15, -0.1) is 0 Å². The second-order valence-corrected chi connectivity index (χ2v) is 6.74. The smallest absolute Gasteiger partial charge is 0.356 e. The van der Waals surface area contributed by atoms with E-state index in [-0.39, 0.29) is 17.9 Å². The van der Waals surface area contributed by atoms with Crippen LogP contribution >= 0.6 is 15.9 Å². The third-order valence-corrected chi connectivity index (χ3v) is 4.60. The van der Waals surface area contributed by atoms with Crippen LogP contribution in [0.2, 0.25) is 0 Å². The van der Waals surface area contributed by atoms with Crippen LogP contribution in [0, 0.1) is 0 Å². The Balaban J connectivity index is 1.61. The standard InChI is InChI=1S/C18H14BrN5O3/c1-23-9-12(19)15(21-23)10-27-18(26)14-7-16-20-13(8-17(25)24(16)22-14)11-5-3-2-4-6-11/h2-9,22H,10H2,1H3. The number of hydrogen-bond acceptors (Lipinski definition) is 5. The molecule has 0 aliphatic carbocycles. The van der Waals surface area contributed by atoms with Crippen LogP contribution in [-0.4, -0.2) is 30.3 Å². The van der Waals surface area contributed by atoms with Gasteiger partial charge in [0, 0.05) is 30.9 Å². The van der Waals surface area contributed by atoms with Crippen molar-refractivity contribution in [3.8, 4) is 11.3 Å². The lowest BCUT2D eigenvalue weighted by atomic mass is 10.1. The molecule has 3 aromatic heterocycles. The van der Waals surface area contributed by atoms with Crippen LogP contribution in [0.3, 0.4) is 0 Å². The summed E-state index contributed by atoms with van der Waals surface area (Å²) in [5.41, 5.74) is 2.12. The predicted octanol–water partition coefficient (Wildman–Crippen LogP) is 2.54. The Morgan fingerprint density at radius 2 is 2.04 bits per heavy atom. The van der Waals surface area contributed by atoms with Crippen molar-refractivity contribution >= 4 is 27.5 Å². The van der Waals surface area contributed by atoms with Gasteiger partial charge >= 0.3 is 5.97 Å². The molecule has 0 aliphatic rings. The number of aromatic nitrogens is 5. The summed E-state index contributed by atoms with van der Waals surface area (Å²) in [7, 11) is 1.77. The molecule has 136 valence electrons. The lowest BCUT2D eigenvalue weighted by Gasteiger charge is -2.01. The third kappa shape index (κ3) is 3.41. The minimum atomic E-state index is -0.598. The Morgan fingerprint density at radius 3 is 2.74 bits per heavy atom. The molecule has 0 fully saturated rings. The molecule has 3 heterocycles. The van der Waals surface area contributed by atoms with E-state index in [2.05, 4.69) is 31.1 Å². The summed E-state index contributed by atoms with van der Waals surface area (Å²) < 4.78 is 8.85. The topological polar surface area (TPSA) is 94.3 Å². The molecule has 0 amide bonds. The van der Waals surface area contributed by atoms with E-state index in [1.807, 2.05) is 30.3 Å². The Kier molecular flexibility index (Phi) is 4.36. The number of carbonyl (C=O) groups excluding carboxylic acids is 1. The molecule has 9 heteroatoms. The van der Waals surface area contributed by atoms with E-state index in [1.165, 1.54) is 16.6 Å². The Morgan fingerprint density at radius 1 is 1.26 bits per heavy atom. The molecule has 0 saturated carbocycles. The lowest BCUT2D eigenvalue weighted by molar-refractivity contribution is 0.0459. The summed E-state index contributed by atoms with van der Waals surface area (Å²) in [4.78, 5) is 29.1. The van der Waals surface area contributed by atoms with Gasteiger partial charge in [-0.1, -0.05) is 30.3 Å². The monoisotopic (exact) mass is 427 g/mol. The molecule has 0 saturated heterocycles. The molecule has 1 N–H and O–H groups in total. The van der Waals surface area contributed by atoms with Crippen molar-refractivity contribution in [1.29, 1.82) is 0 Å². The SMILES string of the molecule is Cn1cc(Br)c(COC(=O)c2cc3nc(-c4ccccc4)cc(=O)n3[nH]2)n1. The number of H-pyrrole nitrogens is 1. The van der Waals surface area contributed by atoms with Gasteiger partial charge in [-0.2, -0.15) is 5.10 Å². The summed E-state index contributed by atoms with van der Waals surface area (Å²) in [6, 6.07) is 12.3. The van der Waals surface area contributed by atoms with Crippen LogP contribution < -0.4 is 5.56 Å². The molecule has 4 rings (SSSR count). The number of aromatic amines is 1. The fraction of sp³-hybridized carbons (Fsp3) is 0.111. The molecule has 0 aliphatic heterocycles. The number of hydrogen-bond donors (Lipinski definition) is 1. The van der Waals surface area contributed by atoms with Gasteiger partial charge in [-0.25, -0.2) is 14.3 Å². The van der Waals surface area contributed by atoms with Crippen molar-refractivity contribution in [2.24, 2.45) is 7.05 Å². The van der Waals surface area contributed by atoms with Gasteiger partial charge in [-0.05, 0) is 15.9 Å². The molecule has 0 spiro atoms. The van der Waals surface area contributed by atoms with Crippen LogP contribution in [0.4, 0.5) is 0 Å². The highest BCUT2D eigenvalue weighted by Crippen LogP contribution is 2.17. The van der Waals surface area contributed by atoms with Crippen LogP contribution in [0.1, 0.15) is 16.2 Å². The van der Waals surface area contributed by atoms with Crippen molar-refractivity contribution in [3.05, 3.63) is 74.9 Å². The number of halogens is 1. The minimum absolute atomic E-state index is 0.00716. The van der Waals surface area contributed by atoms with Crippen molar-refractivity contribution < 1.29 is 9.53 Å². The molecule has 4 aromatic rings. The molecule has 0 bridgehead atoms. The average Bonchev–Trinajstić information content (AvgIpc) is 3.23.